The number of nitrogens with zero attached hydrogens (tertiary/aromatic N) is 2. The molecule has 3 N–H and O–H groups in total. The quantitative estimate of drug-likeness (QED) is 0.897. The molecular weight excluding hydrogens is 271 g/mol. The molecule has 0 fully saturated rings. The highest BCUT2D eigenvalue weighted by Gasteiger charge is 2.13. The summed E-state index contributed by atoms with van der Waals surface area (Å²) in [7, 11) is 0. The maximum atomic E-state index is 10.7. The van der Waals surface area contributed by atoms with Crippen LogP contribution >= 0.6 is 34.9 Å². The van der Waals surface area contributed by atoms with Crippen LogP contribution in [0.4, 0.5) is 5.69 Å². The normalized spacial score (nSPS) is 10.6. The second-order valence-electron chi connectivity index (χ2n) is 3.00. The lowest BCUT2D eigenvalue weighted by Gasteiger charge is -2.07. The van der Waals surface area contributed by atoms with Crippen LogP contribution in [-0.2, 0) is 4.79 Å². The molecule has 1 aromatic carbocycles. The fraction of sp³-hybridized carbons (Fsp3) is 0.125. The van der Waals surface area contributed by atoms with Crippen molar-refractivity contribution >= 4 is 57.6 Å². The van der Waals surface area contributed by atoms with Gasteiger partial charge in [-0.1, -0.05) is 23.2 Å². The molecule has 2 aromatic rings. The maximum absolute atomic E-state index is 10.7. The van der Waals surface area contributed by atoms with Crippen LogP contribution < -0.4 is 11.1 Å². The molecule has 0 aliphatic carbocycles. The number of nitrogens with one attached hydrogen (secondary N) is 1. The van der Waals surface area contributed by atoms with Crippen molar-refractivity contribution in [2.75, 3.05) is 11.9 Å². The van der Waals surface area contributed by atoms with Crippen molar-refractivity contribution in [2.45, 2.75) is 0 Å². The Balaban J connectivity index is 2.50. The van der Waals surface area contributed by atoms with E-state index in [-0.39, 0.29) is 6.54 Å². The van der Waals surface area contributed by atoms with E-state index < -0.39 is 5.91 Å². The lowest BCUT2D eigenvalue weighted by atomic mass is 10.2. The summed E-state index contributed by atoms with van der Waals surface area (Å²) in [5.41, 5.74) is 6.66. The average molecular weight is 277 g/mol. The van der Waals surface area contributed by atoms with Gasteiger partial charge in [0.25, 0.3) is 0 Å². The Bertz CT molecular complexity index is 556. The minimum atomic E-state index is -0.484. The first-order valence-electron chi connectivity index (χ1n) is 4.22. The number of anilines is 1. The highest BCUT2D eigenvalue weighted by molar-refractivity contribution is 7.00. The van der Waals surface area contributed by atoms with E-state index in [0.717, 1.165) is 11.7 Å². The SMILES string of the molecule is NC(=O)CNc1c(Cl)cc(Cl)c2nsnc12. The Morgan fingerprint density at radius 3 is 2.75 bits per heavy atom. The van der Waals surface area contributed by atoms with Gasteiger partial charge in [-0.15, -0.1) is 0 Å². The molecule has 1 amide bonds. The second-order valence-corrected chi connectivity index (χ2v) is 4.34. The van der Waals surface area contributed by atoms with E-state index in [2.05, 4.69) is 14.1 Å². The van der Waals surface area contributed by atoms with E-state index in [0.29, 0.717) is 26.8 Å². The first kappa shape index (κ1) is 11.4. The number of rotatable bonds is 3. The fourth-order valence-corrected chi connectivity index (χ4v) is 2.40. The number of carbonyl (C=O) groups excluding carboxylic acids is 1. The van der Waals surface area contributed by atoms with Crippen molar-refractivity contribution in [3.63, 3.8) is 0 Å². The molecule has 0 atom stereocenters. The van der Waals surface area contributed by atoms with E-state index in [1.54, 1.807) is 6.07 Å². The molecular formula is C8H6Cl2N4OS. The van der Waals surface area contributed by atoms with Gasteiger partial charge in [0.2, 0.25) is 5.91 Å². The number of halogens is 2. The van der Waals surface area contributed by atoms with Crippen LogP contribution in [0.3, 0.4) is 0 Å². The van der Waals surface area contributed by atoms with E-state index in [9.17, 15) is 4.79 Å². The number of primary amides is 1. The van der Waals surface area contributed by atoms with Crippen molar-refractivity contribution in [2.24, 2.45) is 5.73 Å². The summed E-state index contributed by atoms with van der Waals surface area (Å²) in [5, 5.41) is 3.62. The summed E-state index contributed by atoms with van der Waals surface area (Å²) in [6.07, 6.45) is 0. The van der Waals surface area contributed by atoms with Gasteiger partial charge in [0, 0.05) is 0 Å². The fourth-order valence-electron chi connectivity index (χ4n) is 1.22. The minimum Gasteiger partial charge on any atom is -0.373 e. The summed E-state index contributed by atoms with van der Waals surface area (Å²) < 4.78 is 8.10. The molecule has 0 spiro atoms. The Morgan fingerprint density at radius 2 is 2.06 bits per heavy atom. The molecule has 5 nitrogen and oxygen atoms in total. The topological polar surface area (TPSA) is 80.9 Å². The first-order valence-corrected chi connectivity index (χ1v) is 5.70. The molecule has 16 heavy (non-hydrogen) atoms. The number of carbonyl (C=O) groups is 1. The molecule has 1 aromatic heterocycles. The summed E-state index contributed by atoms with van der Waals surface area (Å²) >= 11 is 13.0. The van der Waals surface area contributed by atoms with Gasteiger partial charge < -0.3 is 11.1 Å². The molecule has 2 rings (SSSR count). The third kappa shape index (κ3) is 2.04. The zero-order valence-electron chi connectivity index (χ0n) is 7.83. The second kappa shape index (κ2) is 4.40. The molecule has 84 valence electrons. The predicted molar refractivity (Wildman–Crippen MR) is 65.1 cm³/mol. The maximum Gasteiger partial charge on any atom is 0.236 e. The zero-order chi connectivity index (χ0) is 11.7. The number of amides is 1. The van der Waals surface area contributed by atoms with E-state index in [1.807, 2.05) is 0 Å². The molecule has 0 bridgehead atoms. The van der Waals surface area contributed by atoms with Crippen molar-refractivity contribution in [3.8, 4) is 0 Å². The number of aromatic nitrogens is 2. The molecule has 1 heterocycles. The Labute approximate surface area is 105 Å². The Hall–Kier alpha value is -1.11. The first-order chi connectivity index (χ1) is 7.59. The molecule has 0 saturated carbocycles. The molecule has 8 heteroatoms. The Morgan fingerprint density at radius 1 is 1.38 bits per heavy atom. The highest BCUT2D eigenvalue weighted by atomic mass is 35.5. The van der Waals surface area contributed by atoms with Crippen LogP contribution in [0.15, 0.2) is 6.07 Å². The van der Waals surface area contributed by atoms with Gasteiger partial charge in [-0.3, -0.25) is 4.79 Å². The number of benzene rings is 1. The smallest absolute Gasteiger partial charge is 0.236 e. The molecule has 0 saturated heterocycles. The summed E-state index contributed by atoms with van der Waals surface area (Å²) in [6.45, 7) is -0.0199. The van der Waals surface area contributed by atoms with Gasteiger partial charge in [-0.2, -0.15) is 8.75 Å². The lowest BCUT2D eigenvalue weighted by Crippen LogP contribution is -2.22. The van der Waals surface area contributed by atoms with E-state index >= 15 is 0 Å². The zero-order valence-corrected chi connectivity index (χ0v) is 10.2. The van der Waals surface area contributed by atoms with Crippen LogP contribution in [-0.4, -0.2) is 21.2 Å². The highest BCUT2D eigenvalue weighted by Crippen LogP contribution is 2.34. The molecule has 0 radical (unpaired) electrons. The summed E-state index contributed by atoms with van der Waals surface area (Å²) in [4.78, 5) is 10.7. The van der Waals surface area contributed by atoms with Crippen molar-refractivity contribution < 1.29 is 4.79 Å². The van der Waals surface area contributed by atoms with Crippen molar-refractivity contribution in [1.82, 2.24) is 8.75 Å². The number of hydrogen-bond acceptors (Lipinski definition) is 5. The van der Waals surface area contributed by atoms with Gasteiger partial charge in [-0.05, 0) is 6.07 Å². The van der Waals surface area contributed by atoms with Gasteiger partial charge in [0.1, 0.15) is 11.0 Å². The summed E-state index contributed by atoms with van der Waals surface area (Å²) in [5.74, 6) is -0.484. The molecule has 0 aliphatic rings. The number of nitrogens with two attached hydrogens (primary N) is 1. The van der Waals surface area contributed by atoms with Crippen LogP contribution in [0, 0.1) is 0 Å². The predicted octanol–water partition coefficient (Wildman–Crippen LogP) is 1.90. The third-order valence-electron chi connectivity index (χ3n) is 1.88. The van der Waals surface area contributed by atoms with Gasteiger partial charge in [-0.25, -0.2) is 0 Å². The number of hydrogen-bond donors (Lipinski definition) is 2. The minimum absolute atomic E-state index is 0.0199. The molecule has 0 aliphatic heterocycles. The van der Waals surface area contributed by atoms with Crippen LogP contribution in [0.1, 0.15) is 0 Å². The summed E-state index contributed by atoms with van der Waals surface area (Å²) in [6, 6.07) is 1.55. The molecule has 0 unspecified atom stereocenters. The van der Waals surface area contributed by atoms with E-state index in [4.69, 9.17) is 28.9 Å². The monoisotopic (exact) mass is 276 g/mol. The Kier molecular flexibility index (Phi) is 3.13. The van der Waals surface area contributed by atoms with Crippen LogP contribution in [0.2, 0.25) is 10.0 Å². The van der Waals surface area contributed by atoms with Gasteiger partial charge in [0.05, 0.1) is 34.0 Å². The van der Waals surface area contributed by atoms with Crippen molar-refractivity contribution in [3.05, 3.63) is 16.1 Å². The van der Waals surface area contributed by atoms with Crippen LogP contribution in [0.25, 0.3) is 11.0 Å². The number of fused-ring (bicyclic) bond motifs is 1. The van der Waals surface area contributed by atoms with E-state index in [1.165, 1.54) is 0 Å². The van der Waals surface area contributed by atoms with Gasteiger partial charge >= 0.3 is 0 Å². The third-order valence-corrected chi connectivity index (χ3v) is 3.00. The lowest BCUT2D eigenvalue weighted by molar-refractivity contribution is -0.116. The standard InChI is InChI=1S/C8H6Cl2N4OS/c9-3-1-4(10)7-8(14-16-13-7)6(3)12-2-5(11)15/h1,12H,2H2,(H2,11,15). The van der Waals surface area contributed by atoms with Crippen LogP contribution in [0.5, 0.6) is 0 Å². The largest absolute Gasteiger partial charge is 0.373 e. The average Bonchev–Trinajstić information content (AvgIpc) is 2.65. The van der Waals surface area contributed by atoms with Crippen molar-refractivity contribution in [1.29, 1.82) is 0 Å². The van der Waals surface area contributed by atoms with Gasteiger partial charge in [0.15, 0.2) is 0 Å².